The fourth-order valence-corrected chi connectivity index (χ4v) is 21.9. The molecular weight excluding hydrogens is 813 g/mol. The van der Waals surface area contributed by atoms with Gasteiger partial charge in [-0.05, 0) is 238 Å². The topological polar surface area (TPSA) is 30.5 Å². The maximum atomic E-state index is 4.43. The highest BCUT2D eigenvalue weighted by Gasteiger charge is 2.57. The summed E-state index contributed by atoms with van der Waals surface area (Å²) < 4.78 is 0. The number of allylic oxidation sites excluding steroid dienone is 2. The lowest BCUT2D eigenvalue weighted by Gasteiger charge is -2.53. The van der Waals surface area contributed by atoms with Crippen molar-refractivity contribution in [1.82, 2.24) is 20.4 Å². The third-order valence-corrected chi connectivity index (χ3v) is 25.0. The van der Waals surface area contributed by atoms with E-state index in [1.165, 1.54) is 167 Å². The lowest BCUT2D eigenvalue weighted by molar-refractivity contribution is 0.0290. The van der Waals surface area contributed by atoms with Crippen LogP contribution in [0.1, 0.15) is 251 Å². The van der Waals surface area contributed by atoms with Crippen molar-refractivity contribution in [3.63, 3.8) is 0 Å². The average molecular weight is 916 g/mol. The highest BCUT2D eigenvalue weighted by molar-refractivity contribution is 5.38. The summed E-state index contributed by atoms with van der Waals surface area (Å²) in [5.74, 6) is 11.7. The van der Waals surface area contributed by atoms with E-state index in [1.807, 2.05) is 11.3 Å². The molecule has 0 spiro atoms. The first-order valence-corrected chi connectivity index (χ1v) is 31.6. The second-order valence-corrected chi connectivity index (χ2v) is 27.9. The van der Waals surface area contributed by atoms with Crippen LogP contribution in [0.2, 0.25) is 0 Å². The first-order chi connectivity index (χ1) is 33.1. The van der Waals surface area contributed by atoms with Crippen LogP contribution in [0.15, 0.2) is 23.4 Å². The predicted molar refractivity (Wildman–Crippen MR) is 278 cm³/mol. The molecule has 13 aliphatic rings. The van der Waals surface area contributed by atoms with Crippen molar-refractivity contribution in [3.8, 4) is 0 Å². The number of hydrogen-bond donors (Lipinski definition) is 2. The van der Waals surface area contributed by atoms with Gasteiger partial charge in [-0.2, -0.15) is 0 Å². The van der Waals surface area contributed by atoms with Crippen LogP contribution in [0.3, 0.4) is 0 Å². The van der Waals surface area contributed by atoms with E-state index < -0.39 is 0 Å². The van der Waals surface area contributed by atoms with Gasteiger partial charge in [0.25, 0.3) is 0 Å². The molecule has 3 aliphatic heterocycles. The number of nitrogens with one attached hydrogen (secondary N) is 2. The average Bonchev–Trinajstić information content (AvgIpc) is 3.87. The van der Waals surface area contributed by atoms with Crippen LogP contribution in [0.4, 0.5) is 0 Å². The van der Waals surface area contributed by atoms with Crippen molar-refractivity contribution in [3.05, 3.63) is 23.4 Å². The Balaban J connectivity index is 0.647. The molecule has 0 aromatic heterocycles. The lowest BCUT2D eigenvalue weighted by Crippen LogP contribution is -2.68. The molecule has 10 aliphatic carbocycles. The molecule has 2 N–H and O–H groups in total. The molecule has 13 rings (SSSR count). The van der Waals surface area contributed by atoms with Gasteiger partial charge in [-0.25, -0.2) is 0 Å². The summed E-state index contributed by atoms with van der Waals surface area (Å²) in [4.78, 5) is 6.47. The van der Waals surface area contributed by atoms with Gasteiger partial charge in [0.1, 0.15) is 0 Å². The van der Waals surface area contributed by atoms with E-state index in [1.54, 1.807) is 77.0 Å². The zero-order valence-electron chi connectivity index (χ0n) is 43.4. The Kier molecular flexibility index (Phi) is 13.6. The normalized spacial score (nSPS) is 48.3. The van der Waals surface area contributed by atoms with Crippen molar-refractivity contribution in [2.45, 2.75) is 299 Å². The zero-order valence-corrected chi connectivity index (χ0v) is 43.4. The quantitative estimate of drug-likeness (QED) is 0.249. The minimum atomic E-state index is 0.231. The maximum Gasteiger partial charge on any atom is 0.0622 e. The first kappa shape index (κ1) is 46.0. The molecule has 10 fully saturated rings. The Morgan fingerprint density at radius 3 is 1.72 bits per heavy atom. The van der Waals surface area contributed by atoms with Gasteiger partial charge in [-0.3, -0.25) is 15.5 Å². The van der Waals surface area contributed by atoms with Gasteiger partial charge < -0.3 is 4.90 Å². The Bertz CT molecular complexity index is 1720. The number of hydrogen-bond acceptors (Lipinski definition) is 4. The number of nitrogens with zero attached hydrogens (tertiary/aromatic N) is 2. The smallest absolute Gasteiger partial charge is 0.0622 e. The van der Waals surface area contributed by atoms with Crippen molar-refractivity contribution >= 4 is 0 Å². The number of fused-ring (bicyclic) bond motifs is 6. The molecule has 0 radical (unpaired) electrons. The highest BCUT2D eigenvalue weighted by Crippen LogP contribution is 2.60. The van der Waals surface area contributed by atoms with E-state index in [0.717, 1.165) is 107 Å². The second kappa shape index (κ2) is 19.9. The molecule has 13 atom stereocenters. The third kappa shape index (κ3) is 8.67. The highest BCUT2D eigenvalue weighted by atomic mass is 15.3. The van der Waals surface area contributed by atoms with Crippen molar-refractivity contribution < 1.29 is 0 Å². The Morgan fingerprint density at radius 2 is 1.03 bits per heavy atom. The van der Waals surface area contributed by atoms with E-state index in [0.29, 0.717) is 6.17 Å². The Morgan fingerprint density at radius 1 is 0.463 bits per heavy atom. The maximum absolute atomic E-state index is 4.43. The summed E-state index contributed by atoms with van der Waals surface area (Å²) in [6.07, 6.45) is 63.0. The molecule has 67 heavy (non-hydrogen) atoms. The summed E-state index contributed by atoms with van der Waals surface area (Å²) >= 11 is 0. The monoisotopic (exact) mass is 915 g/mol. The fourth-order valence-electron chi connectivity index (χ4n) is 21.9. The molecule has 0 amide bonds. The number of likely N-dealkylation sites (tertiary alicyclic amines) is 1. The summed E-state index contributed by atoms with van der Waals surface area (Å²) in [6.45, 7) is 2.71. The molecule has 13 unspecified atom stereocenters. The summed E-state index contributed by atoms with van der Waals surface area (Å²) in [5.41, 5.74) is 4.10. The Labute approximate surface area is 412 Å². The summed E-state index contributed by atoms with van der Waals surface area (Å²) in [6, 6.07) is 5.16. The second-order valence-electron chi connectivity index (χ2n) is 27.9. The summed E-state index contributed by atoms with van der Waals surface area (Å²) in [7, 11) is 0. The van der Waals surface area contributed by atoms with Gasteiger partial charge in [-0.15, -0.1) is 0 Å². The standard InChI is InChI=1S/C63H102N4/c1-63-38-14-13-22-56(63)55-41-49(32-37-60(55)67(63)51-33-28-46(29-34-51)62-64-57-23-12-11-21-52(57)61(65-62)45-17-7-3-8-18-45)44-26-24-43(25-27-44)48-31-36-59-54(40-48)53-39-47(42-15-5-2-6-16-42)30-35-58(53)66(59)50-19-9-4-10-20-50/h14,38,42-54,56-59,61-62,64-65H,2-13,15-37,39-41H2,1H3. The first-order valence-electron chi connectivity index (χ1n) is 31.6. The van der Waals surface area contributed by atoms with E-state index in [9.17, 15) is 0 Å². The van der Waals surface area contributed by atoms with Crippen LogP contribution in [0, 0.1) is 71.0 Å². The van der Waals surface area contributed by atoms with Gasteiger partial charge >= 0.3 is 0 Å². The van der Waals surface area contributed by atoms with E-state index in [-0.39, 0.29) is 5.54 Å². The van der Waals surface area contributed by atoms with E-state index in [4.69, 9.17) is 0 Å². The predicted octanol–water partition coefficient (Wildman–Crippen LogP) is 15.3. The van der Waals surface area contributed by atoms with Gasteiger partial charge in [0, 0.05) is 47.9 Å². The fraction of sp³-hybridized carbons (Fsp3) is 0.937. The van der Waals surface area contributed by atoms with Crippen LogP contribution in [0.25, 0.3) is 0 Å². The molecule has 3 heterocycles. The Hall–Kier alpha value is -0.840. The minimum absolute atomic E-state index is 0.231. The van der Waals surface area contributed by atoms with Crippen LogP contribution in [-0.2, 0) is 0 Å². The molecular formula is C63H102N4. The number of rotatable bonds is 7. The van der Waals surface area contributed by atoms with Gasteiger partial charge in [0.15, 0.2) is 0 Å². The summed E-state index contributed by atoms with van der Waals surface area (Å²) in [5, 5.41) is 8.76. The minimum Gasteiger partial charge on any atom is -0.362 e. The van der Waals surface area contributed by atoms with Crippen molar-refractivity contribution in [1.29, 1.82) is 0 Å². The lowest BCUT2D eigenvalue weighted by atomic mass is 9.61. The third-order valence-electron chi connectivity index (χ3n) is 25.0. The van der Waals surface area contributed by atoms with E-state index in [2.05, 4.69) is 39.5 Å². The molecule has 0 aromatic carbocycles. The molecule has 4 nitrogen and oxygen atoms in total. The SMILES string of the molecule is CC12C=CCCC1C1=C(CCC(C3CCC(C4CCC5C(C4)C4CC(C6CCCCC6)CCC4N5C4CCCCC4)CC3)C1)N2C1CCC(C2NC3CCCCC3C(C3CCCCC3)N2)CC1. The van der Waals surface area contributed by atoms with Gasteiger partial charge in [-0.1, -0.05) is 95.6 Å². The molecule has 374 valence electrons. The van der Waals surface area contributed by atoms with Gasteiger partial charge in [0.05, 0.1) is 11.7 Å². The van der Waals surface area contributed by atoms with Gasteiger partial charge in [0.2, 0.25) is 0 Å². The molecule has 4 heteroatoms. The van der Waals surface area contributed by atoms with Crippen LogP contribution >= 0.6 is 0 Å². The van der Waals surface area contributed by atoms with Crippen molar-refractivity contribution in [2.75, 3.05) is 0 Å². The largest absolute Gasteiger partial charge is 0.362 e. The zero-order chi connectivity index (χ0) is 44.5. The van der Waals surface area contributed by atoms with Crippen LogP contribution in [-0.4, -0.2) is 57.8 Å². The van der Waals surface area contributed by atoms with Crippen LogP contribution < -0.4 is 10.6 Å². The van der Waals surface area contributed by atoms with Crippen molar-refractivity contribution in [2.24, 2.45) is 71.0 Å². The van der Waals surface area contributed by atoms with Crippen LogP contribution in [0.5, 0.6) is 0 Å². The molecule has 2 saturated heterocycles. The molecule has 8 saturated carbocycles. The molecule has 0 bridgehead atoms. The molecule has 0 aromatic rings. The van der Waals surface area contributed by atoms with E-state index >= 15 is 0 Å².